The normalized spacial score (nSPS) is 12.9. The van der Waals surface area contributed by atoms with E-state index in [0.717, 1.165) is 22.2 Å². The maximum atomic E-state index is 9.50. The number of ether oxygens (including phenoxy) is 1. The lowest BCUT2D eigenvalue weighted by molar-refractivity contribution is 0.202. The van der Waals surface area contributed by atoms with Gasteiger partial charge in [0.05, 0.1) is 23.3 Å². The Morgan fingerprint density at radius 2 is 2.27 bits per heavy atom. The van der Waals surface area contributed by atoms with Crippen LogP contribution in [0.15, 0.2) is 0 Å². The molecule has 0 amide bonds. The zero-order chi connectivity index (χ0) is 11.4. The van der Waals surface area contributed by atoms with Gasteiger partial charge in [-0.25, -0.2) is 4.98 Å². The molecule has 0 spiro atoms. The van der Waals surface area contributed by atoms with E-state index in [1.54, 1.807) is 14.0 Å². The highest BCUT2D eigenvalue weighted by molar-refractivity contribution is 7.15. The van der Waals surface area contributed by atoms with Crippen LogP contribution in [0.3, 0.4) is 0 Å². The number of anilines is 1. The number of aryl methyl sites for hydroxylation is 1. The Balaban J connectivity index is 2.73. The number of nitrogens with zero attached hydrogens (tertiary/aromatic N) is 2. The minimum absolute atomic E-state index is 0.438. The minimum Gasteiger partial charge on any atom is -0.388 e. The SMILES string of the molecule is COCCN(C)c1nc(C)c(C(C)O)s1. The molecule has 0 aliphatic heterocycles. The Labute approximate surface area is 94.5 Å². The summed E-state index contributed by atoms with van der Waals surface area (Å²) in [6.45, 7) is 5.17. The van der Waals surface area contributed by atoms with Crippen LogP contribution < -0.4 is 4.90 Å². The molecule has 0 radical (unpaired) electrons. The van der Waals surface area contributed by atoms with Gasteiger partial charge in [0.15, 0.2) is 5.13 Å². The van der Waals surface area contributed by atoms with Crippen LogP contribution in [0.5, 0.6) is 0 Å². The first-order valence-electron chi connectivity index (χ1n) is 4.91. The van der Waals surface area contributed by atoms with Gasteiger partial charge >= 0.3 is 0 Å². The molecule has 86 valence electrons. The van der Waals surface area contributed by atoms with Gasteiger partial charge in [-0.15, -0.1) is 0 Å². The average molecular weight is 230 g/mol. The summed E-state index contributed by atoms with van der Waals surface area (Å²) < 4.78 is 5.00. The van der Waals surface area contributed by atoms with E-state index in [1.807, 2.05) is 18.9 Å². The summed E-state index contributed by atoms with van der Waals surface area (Å²) in [5, 5.41) is 10.4. The number of hydrogen-bond donors (Lipinski definition) is 1. The van der Waals surface area contributed by atoms with Gasteiger partial charge in [-0.1, -0.05) is 11.3 Å². The number of aliphatic hydroxyl groups excluding tert-OH is 1. The number of hydrogen-bond acceptors (Lipinski definition) is 5. The van der Waals surface area contributed by atoms with Crippen molar-refractivity contribution in [2.24, 2.45) is 0 Å². The first kappa shape index (κ1) is 12.4. The van der Waals surface area contributed by atoms with Crippen molar-refractivity contribution in [2.45, 2.75) is 20.0 Å². The van der Waals surface area contributed by atoms with Crippen molar-refractivity contribution in [3.05, 3.63) is 10.6 Å². The van der Waals surface area contributed by atoms with Crippen LogP contribution in [0, 0.1) is 6.92 Å². The van der Waals surface area contributed by atoms with Gasteiger partial charge < -0.3 is 14.7 Å². The van der Waals surface area contributed by atoms with Gasteiger partial charge in [-0.3, -0.25) is 0 Å². The molecule has 1 heterocycles. The summed E-state index contributed by atoms with van der Waals surface area (Å²) in [5.74, 6) is 0. The van der Waals surface area contributed by atoms with Crippen LogP contribution in [-0.2, 0) is 4.74 Å². The standard InChI is InChI=1S/C10H18N2O2S/c1-7-9(8(2)13)15-10(11-7)12(3)5-6-14-4/h8,13H,5-6H2,1-4H3. The predicted molar refractivity (Wildman–Crippen MR) is 62.6 cm³/mol. The maximum Gasteiger partial charge on any atom is 0.185 e. The van der Waals surface area contributed by atoms with Crippen molar-refractivity contribution >= 4 is 16.5 Å². The number of rotatable bonds is 5. The first-order chi connectivity index (χ1) is 7.06. The largest absolute Gasteiger partial charge is 0.388 e. The molecule has 1 aromatic heterocycles. The van der Waals surface area contributed by atoms with Gasteiger partial charge in [0.1, 0.15) is 0 Å². The lowest BCUT2D eigenvalue weighted by Gasteiger charge is -2.14. The van der Waals surface area contributed by atoms with Crippen LogP contribution in [0.4, 0.5) is 5.13 Å². The Kier molecular flexibility index (Phi) is 4.50. The van der Waals surface area contributed by atoms with E-state index in [4.69, 9.17) is 4.74 Å². The van der Waals surface area contributed by atoms with E-state index >= 15 is 0 Å². The van der Waals surface area contributed by atoms with E-state index in [0.29, 0.717) is 6.61 Å². The third-order valence-corrected chi connectivity index (χ3v) is 3.60. The van der Waals surface area contributed by atoms with Crippen LogP contribution in [-0.4, -0.2) is 37.4 Å². The van der Waals surface area contributed by atoms with Crippen LogP contribution >= 0.6 is 11.3 Å². The second kappa shape index (κ2) is 5.44. The van der Waals surface area contributed by atoms with Crippen LogP contribution in [0.1, 0.15) is 23.6 Å². The van der Waals surface area contributed by atoms with Crippen LogP contribution in [0.2, 0.25) is 0 Å². The smallest absolute Gasteiger partial charge is 0.185 e. The molecule has 0 aliphatic carbocycles. The average Bonchev–Trinajstić information content (AvgIpc) is 2.56. The van der Waals surface area contributed by atoms with Crippen molar-refractivity contribution < 1.29 is 9.84 Å². The summed E-state index contributed by atoms with van der Waals surface area (Å²) >= 11 is 1.54. The number of likely N-dealkylation sites (N-methyl/N-ethyl adjacent to an activating group) is 1. The predicted octanol–water partition coefficient (Wildman–Crippen LogP) is 1.59. The van der Waals surface area contributed by atoms with Gasteiger partial charge in [-0.05, 0) is 13.8 Å². The highest BCUT2D eigenvalue weighted by Crippen LogP contribution is 2.29. The number of thiazole rings is 1. The molecule has 1 N–H and O–H groups in total. The molecule has 1 rings (SSSR count). The van der Waals surface area contributed by atoms with E-state index in [1.165, 1.54) is 11.3 Å². The maximum absolute atomic E-state index is 9.50. The molecule has 5 heteroatoms. The Bertz CT molecular complexity index is 312. The zero-order valence-corrected chi connectivity index (χ0v) is 10.5. The lowest BCUT2D eigenvalue weighted by Crippen LogP contribution is -2.21. The first-order valence-corrected chi connectivity index (χ1v) is 5.73. The molecule has 15 heavy (non-hydrogen) atoms. The van der Waals surface area contributed by atoms with E-state index in [9.17, 15) is 5.11 Å². The second-order valence-corrected chi connectivity index (χ2v) is 4.55. The van der Waals surface area contributed by atoms with Crippen molar-refractivity contribution in [2.75, 3.05) is 32.2 Å². The molecule has 4 nitrogen and oxygen atoms in total. The molecule has 0 fully saturated rings. The highest BCUT2D eigenvalue weighted by atomic mass is 32.1. The summed E-state index contributed by atoms with van der Waals surface area (Å²) in [6.07, 6.45) is -0.438. The van der Waals surface area contributed by atoms with Gasteiger partial charge in [0.25, 0.3) is 0 Å². The van der Waals surface area contributed by atoms with Crippen molar-refractivity contribution in [1.29, 1.82) is 0 Å². The van der Waals surface area contributed by atoms with Gasteiger partial charge in [0, 0.05) is 20.7 Å². The second-order valence-electron chi connectivity index (χ2n) is 3.54. The fourth-order valence-corrected chi connectivity index (χ4v) is 2.26. The van der Waals surface area contributed by atoms with Gasteiger partial charge in [0.2, 0.25) is 0 Å². The molecular weight excluding hydrogens is 212 g/mol. The Hall–Kier alpha value is -0.650. The van der Waals surface area contributed by atoms with Gasteiger partial charge in [-0.2, -0.15) is 0 Å². The van der Waals surface area contributed by atoms with Crippen LogP contribution in [0.25, 0.3) is 0 Å². The number of methoxy groups -OCH3 is 1. The molecule has 0 aromatic carbocycles. The Morgan fingerprint density at radius 1 is 1.60 bits per heavy atom. The molecular formula is C10H18N2O2S. The third kappa shape index (κ3) is 3.15. The molecule has 1 unspecified atom stereocenters. The summed E-state index contributed by atoms with van der Waals surface area (Å²) in [5.41, 5.74) is 0.911. The fourth-order valence-electron chi connectivity index (χ4n) is 1.27. The fraction of sp³-hybridized carbons (Fsp3) is 0.700. The monoisotopic (exact) mass is 230 g/mol. The molecule has 1 atom stereocenters. The topological polar surface area (TPSA) is 45.6 Å². The summed E-state index contributed by atoms with van der Waals surface area (Å²) in [4.78, 5) is 7.39. The lowest BCUT2D eigenvalue weighted by atomic mass is 10.3. The Morgan fingerprint density at radius 3 is 2.73 bits per heavy atom. The minimum atomic E-state index is -0.438. The molecule has 1 aromatic rings. The highest BCUT2D eigenvalue weighted by Gasteiger charge is 2.14. The molecule has 0 saturated carbocycles. The summed E-state index contributed by atoms with van der Waals surface area (Å²) in [7, 11) is 3.66. The summed E-state index contributed by atoms with van der Waals surface area (Å²) in [6, 6.07) is 0. The van der Waals surface area contributed by atoms with E-state index in [2.05, 4.69) is 4.98 Å². The van der Waals surface area contributed by atoms with E-state index in [-0.39, 0.29) is 0 Å². The molecule has 0 saturated heterocycles. The quantitative estimate of drug-likeness (QED) is 0.834. The van der Waals surface area contributed by atoms with E-state index < -0.39 is 6.10 Å². The van der Waals surface area contributed by atoms with Crippen molar-refractivity contribution in [1.82, 2.24) is 4.98 Å². The molecule has 0 bridgehead atoms. The molecule has 0 aliphatic rings. The number of aliphatic hydroxyl groups is 1. The zero-order valence-electron chi connectivity index (χ0n) is 9.65. The third-order valence-electron chi connectivity index (χ3n) is 2.16. The van der Waals surface area contributed by atoms with Crippen molar-refractivity contribution in [3.8, 4) is 0 Å². The number of aromatic nitrogens is 1. The van der Waals surface area contributed by atoms with Crippen molar-refractivity contribution in [3.63, 3.8) is 0 Å².